The van der Waals surface area contributed by atoms with Crippen LogP contribution in [0.2, 0.25) is 0 Å². The van der Waals surface area contributed by atoms with E-state index >= 15 is 0 Å². The fourth-order valence-corrected chi connectivity index (χ4v) is 5.43. The monoisotopic (exact) mass is 500 g/mol. The van der Waals surface area contributed by atoms with E-state index in [9.17, 15) is 31.2 Å². The first kappa shape index (κ1) is 24.6. The van der Waals surface area contributed by atoms with Gasteiger partial charge in [-0.3, -0.25) is 9.59 Å². The van der Waals surface area contributed by atoms with Crippen molar-refractivity contribution in [3.8, 4) is 0 Å². The quantitative estimate of drug-likeness (QED) is 0.349. The van der Waals surface area contributed by atoms with Gasteiger partial charge in [-0.05, 0) is 43.7 Å². The van der Waals surface area contributed by atoms with Crippen LogP contribution in [-0.4, -0.2) is 37.2 Å². The molecule has 2 aromatic carbocycles. The lowest BCUT2D eigenvalue weighted by molar-refractivity contribution is -0.143. The molecule has 12 heteroatoms. The molecule has 0 fully saturated rings. The van der Waals surface area contributed by atoms with E-state index in [1.54, 1.807) is 6.92 Å². The standard InChI is InChI=1S/C21H19F3N2O5S2/c1-2-31-19(28)12-26-20-16(24)10-14(23)11-17(20)32-21(26)25-18(27)4-3-9-33(29,30)15-7-5-13(22)6-8-15/h5-8,10-11H,2-4,9,12H2,1H3. The Morgan fingerprint density at radius 3 is 2.45 bits per heavy atom. The average Bonchev–Trinajstić information content (AvgIpc) is 3.05. The first-order valence-corrected chi connectivity index (χ1v) is 12.3. The first-order valence-electron chi connectivity index (χ1n) is 9.80. The highest BCUT2D eigenvalue weighted by Crippen LogP contribution is 2.22. The number of hydrogen-bond acceptors (Lipinski definition) is 6. The van der Waals surface area contributed by atoms with E-state index in [0.29, 0.717) is 6.07 Å². The molecule has 7 nitrogen and oxygen atoms in total. The molecular formula is C21H19F3N2O5S2. The molecule has 33 heavy (non-hydrogen) atoms. The molecule has 0 atom stereocenters. The highest BCUT2D eigenvalue weighted by atomic mass is 32.2. The van der Waals surface area contributed by atoms with Gasteiger partial charge in [-0.1, -0.05) is 11.3 Å². The number of halogens is 3. The fourth-order valence-electron chi connectivity index (χ4n) is 3.03. The van der Waals surface area contributed by atoms with Crippen LogP contribution in [0.5, 0.6) is 0 Å². The number of carbonyl (C=O) groups is 2. The predicted octanol–water partition coefficient (Wildman–Crippen LogP) is 3.36. The van der Waals surface area contributed by atoms with E-state index in [2.05, 4.69) is 4.99 Å². The van der Waals surface area contributed by atoms with Gasteiger partial charge < -0.3 is 9.30 Å². The third-order valence-electron chi connectivity index (χ3n) is 4.48. The zero-order valence-corrected chi connectivity index (χ0v) is 19.0. The molecule has 0 N–H and O–H groups in total. The molecule has 0 unspecified atom stereocenters. The minimum absolute atomic E-state index is 0.0473. The molecule has 176 valence electrons. The van der Waals surface area contributed by atoms with Crippen LogP contribution in [0.4, 0.5) is 13.2 Å². The lowest BCUT2D eigenvalue weighted by Crippen LogP contribution is -2.23. The van der Waals surface area contributed by atoms with Crippen LogP contribution in [0.1, 0.15) is 19.8 Å². The van der Waals surface area contributed by atoms with Crippen molar-refractivity contribution in [2.75, 3.05) is 12.4 Å². The second kappa shape index (κ2) is 10.3. The van der Waals surface area contributed by atoms with Crippen molar-refractivity contribution in [3.05, 3.63) is 58.7 Å². The van der Waals surface area contributed by atoms with Crippen LogP contribution < -0.4 is 4.80 Å². The van der Waals surface area contributed by atoms with Gasteiger partial charge in [-0.2, -0.15) is 4.99 Å². The Morgan fingerprint density at radius 1 is 1.09 bits per heavy atom. The summed E-state index contributed by atoms with van der Waals surface area (Å²) >= 11 is 0.812. The lowest BCUT2D eigenvalue weighted by Gasteiger charge is -2.06. The molecule has 0 spiro atoms. The second-order valence-electron chi connectivity index (χ2n) is 6.89. The van der Waals surface area contributed by atoms with Crippen LogP contribution in [0.15, 0.2) is 46.3 Å². The number of ether oxygens (including phenoxy) is 1. The predicted molar refractivity (Wildman–Crippen MR) is 115 cm³/mol. The number of nitrogens with zero attached hydrogens (tertiary/aromatic N) is 2. The Balaban J connectivity index is 1.82. The summed E-state index contributed by atoms with van der Waals surface area (Å²) in [6, 6.07) is 6.05. The van der Waals surface area contributed by atoms with Crippen molar-refractivity contribution in [1.29, 1.82) is 0 Å². The van der Waals surface area contributed by atoms with Gasteiger partial charge in [0.2, 0.25) is 5.91 Å². The minimum Gasteiger partial charge on any atom is -0.465 e. The number of amides is 1. The van der Waals surface area contributed by atoms with Crippen LogP contribution in [-0.2, 0) is 30.7 Å². The molecule has 0 bridgehead atoms. The summed E-state index contributed by atoms with van der Waals surface area (Å²) in [5, 5.41) is 0. The van der Waals surface area contributed by atoms with Crippen LogP contribution in [0.3, 0.4) is 0 Å². The molecule has 1 amide bonds. The summed E-state index contributed by atoms with van der Waals surface area (Å²) in [5.41, 5.74) is -0.0973. The summed E-state index contributed by atoms with van der Waals surface area (Å²) < 4.78 is 71.8. The van der Waals surface area contributed by atoms with Crippen molar-refractivity contribution in [2.45, 2.75) is 31.2 Å². The highest BCUT2D eigenvalue weighted by molar-refractivity contribution is 7.91. The summed E-state index contributed by atoms with van der Waals surface area (Å²) in [6.45, 7) is 1.24. The maximum absolute atomic E-state index is 14.4. The molecule has 0 saturated heterocycles. The van der Waals surface area contributed by atoms with E-state index in [-0.39, 0.29) is 45.1 Å². The van der Waals surface area contributed by atoms with E-state index in [0.717, 1.165) is 46.2 Å². The summed E-state index contributed by atoms with van der Waals surface area (Å²) in [7, 11) is -3.72. The van der Waals surface area contributed by atoms with Crippen molar-refractivity contribution in [1.82, 2.24) is 4.57 Å². The maximum atomic E-state index is 14.4. The van der Waals surface area contributed by atoms with Gasteiger partial charge in [0.25, 0.3) is 0 Å². The van der Waals surface area contributed by atoms with Gasteiger partial charge >= 0.3 is 5.97 Å². The van der Waals surface area contributed by atoms with E-state index in [4.69, 9.17) is 4.74 Å². The summed E-state index contributed by atoms with van der Waals surface area (Å²) in [5.74, 6) is -4.08. The second-order valence-corrected chi connectivity index (χ2v) is 10.0. The normalized spacial score (nSPS) is 12.3. The third-order valence-corrected chi connectivity index (χ3v) is 7.33. The Kier molecular flexibility index (Phi) is 7.69. The summed E-state index contributed by atoms with van der Waals surface area (Å²) in [6.07, 6.45) is -0.307. The number of rotatable bonds is 8. The van der Waals surface area contributed by atoms with E-state index < -0.39 is 45.7 Å². The van der Waals surface area contributed by atoms with E-state index in [1.807, 2.05) is 0 Å². The number of benzene rings is 2. The number of thiazole rings is 1. The summed E-state index contributed by atoms with van der Waals surface area (Å²) in [4.78, 5) is 28.1. The number of hydrogen-bond donors (Lipinski definition) is 0. The maximum Gasteiger partial charge on any atom is 0.326 e. The Labute approximate surface area is 191 Å². The van der Waals surface area contributed by atoms with Crippen molar-refractivity contribution < 1.29 is 35.9 Å². The van der Waals surface area contributed by atoms with Crippen LogP contribution in [0, 0.1) is 17.5 Å². The molecule has 3 aromatic rings. The average molecular weight is 501 g/mol. The first-order chi connectivity index (χ1) is 15.6. The van der Waals surface area contributed by atoms with Gasteiger partial charge in [-0.15, -0.1) is 0 Å². The smallest absolute Gasteiger partial charge is 0.326 e. The molecule has 3 rings (SSSR count). The largest absolute Gasteiger partial charge is 0.465 e. The lowest BCUT2D eigenvalue weighted by atomic mass is 10.3. The number of fused-ring (bicyclic) bond motifs is 1. The molecule has 0 aliphatic carbocycles. The Hall–Kier alpha value is -2.99. The Morgan fingerprint density at radius 2 is 1.79 bits per heavy atom. The zero-order chi connectivity index (χ0) is 24.2. The van der Waals surface area contributed by atoms with Crippen LogP contribution >= 0.6 is 11.3 Å². The number of aromatic nitrogens is 1. The molecule has 0 radical (unpaired) electrons. The van der Waals surface area contributed by atoms with E-state index in [1.165, 1.54) is 0 Å². The highest BCUT2D eigenvalue weighted by Gasteiger charge is 2.18. The molecule has 1 heterocycles. The van der Waals surface area contributed by atoms with Gasteiger partial charge in [0.05, 0.1) is 27.5 Å². The Bertz CT molecular complexity index is 1360. The topological polar surface area (TPSA) is 94.8 Å². The van der Waals surface area contributed by atoms with Crippen molar-refractivity contribution in [3.63, 3.8) is 0 Å². The minimum atomic E-state index is -3.72. The SMILES string of the molecule is CCOC(=O)Cn1c(=NC(=O)CCCS(=O)(=O)c2ccc(F)cc2)sc2cc(F)cc(F)c21. The van der Waals surface area contributed by atoms with Gasteiger partial charge in [0, 0.05) is 12.5 Å². The fraction of sp³-hybridized carbons (Fsp3) is 0.286. The molecule has 0 aliphatic rings. The van der Waals surface area contributed by atoms with Crippen molar-refractivity contribution >= 4 is 43.3 Å². The zero-order valence-electron chi connectivity index (χ0n) is 17.4. The molecule has 0 saturated carbocycles. The van der Waals surface area contributed by atoms with Crippen molar-refractivity contribution in [2.24, 2.45) is 4.99 Å². The number of sulfone groups is 1. The molecular weight excluding hydrogens is 481 g/mol. The molecule has 0 aliphatic heterocycles. The van der Waals surface area contributed by atoms with Crippen LogP contribution in [0.25, 0.3) is 10.2 Å². The van der Waals surface area contributed by atoms with Gasteiger partial charge in [-0.25, -0.2) is 21.6 Å². The number of carbonyl (C=O) groups excluding carboxylic acids is 2. The molecule has 1 aromatic heterocycles. The van der Waals surface area contributed by atoms with Gasteiger partial charge in [0.15, 0.2) is 20.5 Å². The third kappa shape index (κ3) is 6.08. The van der Waals surface area contributed by atoms with Gasteiger partial charge in [0.1, 0.15) is 18.2 Å². The number of esters is 1.